The van der Waals surface area contributed by atoms with Gasteiger partial charge in [-0.15, -0.1) is 0 Å². The zero-order valence-corrected chi connectivity index (χ0v) is 19.6. The Bertz CT molecular complexity index is 933. The largest absolute Gasteiger partial charge is 0.378 e. The standard InChI is InChI=1S/C22H33N3O5S/c1-15-5-7-25(8-6-15)31(28,29)20-14-19(13-16(2)17(20)3)21(26)23-18(4)22(27)24-9-11-30-12-10-24/h13-15,18H,5-12H2,1-4H3,(H,23,26). The Morgan fingerprint density at radius 3 is 2.32 bits per heavy atom. The minimum Gasteiger partial charge on any atom is -0.378 e. The van der Waals surface area contributed by atoms with Crippen LogP contribution in [0.2, 0.25) is 0 Å². The van der Waals surface area contributed by atoms with Crippen molar-refractivity contribution in [2.24, 2.45) is 5.92 Å². The van der Waals surface area contributed by atoms with Crippen molar-refractivity contribution in [3.05, 3.63) is 28.8 Å². The fraction of sp³-hybridized carbons (Fsp3) is 0.636. The summed E-state index contributed by atoms with van der Waals surface area (Å²) in [5, 5.41) is 2.72. The molecule has 1 atom stereocenters. The number of carbonyl (C=O) groups excluding carboxylic acids is 2. The highest BCUT2D eigenvalue weighted by Crippen LogP contribution is 2.28. The van der Waals surface area contributed by atoms with Crippen LogP contribution >= 0.6 is 0 Å². The number of sulfonamides is 1. The van der Waals surface area contributed by atoms with Crippen LogP contribution in [-0.4, -0.2) is 74.9 Å². The van der Waals surface area contributed by atoms with Gasteiger partial charge in [-0.2, -0.15) is 4.31 Å². The molecule has 0 bridgehead atoms. The van der Waals surface area contributed by atoms with Crippen molar-refractivity contribution in [3.63, 3.8) is 0 Å². The lowest BCUT2D eigenvalue weighted by Crippen LogP contribution is -2.50. The maximum atomic E-state index is 13.3. The molecule has 2 amide bonds. The van der Waals surface area contributed by atoms with Crippen LogP contribution in [0.3, 0.4) is 0 Å². The predicted octanol–water partition coefficient (Wildman–Crippen LogP) is 1.70. The minimum absolute atomic E-state index is 0.166. The molecule has 0 spiro atoms. The van der Waals surface area contributed by atoms with E-state index in [1.807, 2.05) is 0 Å². The van der Waals surface area contributed by atoms with Crippen LogP contribution in [0.15, 0.2) is 17.0 Å². The summed E-state index contributed by atoms with van der Waals surface area (Å²) in [7, 11) is -3.69. The number of nitrogens with one attached hydrogen (secondary N) is 1. The smallest absolute Gasteiger partial charge is 0.251 e. The molecule has 1 aromatic carbocycles. The van der Waals surface area contributed by atoms with Gasteiger partial charge in [0.05, 0.1) is 18.1 Å². The summed E-state index contributed by atoms with van der Waals surface area (Å²) < 4.78 is 33.4. The Morgan fingerprint density at radius 2 is 1.71 bits per heavy atom. The number of morpholine rings is 1. The molecule has 2 aliphatic rings. The normalized spacial score (nSPS) is 19.8. The highest BCUT2D eigenvalue weighted by atomic mass is 32.2. The molecule has 1 unspecified atom stereocenters. The van der Waals surface area contributed by atoms with Crippen LogP contribution < -0.4 is 5.32 Å². The van der Waals surface area contributed by atoms with Crippen molar-refractivity contribution in [2.45, 2.75) is 51.5 Å². The number of nitrogens with zero attached hydrogens (tertiary/aromatic N) is 2. The number of carbonyl (C=O) groups is 2. The molecule has 8 nitrogen and oxygen atoms in total. The molecule has 2 aliphatic heterocycles. The second-order valence-electron chi connectivity index (χ2n) is 8.64. The first-order valence-electron chi connectivity index (χ1n) is 10.9. The van der Waals surface area contributed by atoms with Crippen molar-refractivity contribution in [2.75, 3.05) is 39.4 Å². The number of piperidine rings is 1. The molecule has 2 heterocycles. The summed E-state index contributed by atoms with van der Waals surface area (Å²) in [6, 6.07) is 2.40. The van der Waals surface area contributed by atoms with Crippen LogP contribution in [-0.2, 0) is 19.6 Å². The Morgan fingerprint density at radius 1 is 1.10 bits per heavy atom. The second-order valence-corrected chi connectivity index (χ2v) is 10.5. The average Bonchev–Trinajstić information content (AvgIpc) is 2.75. The van der Waals surface area contributed by atoms with E-state index >= 15 is 0 Å². The van der Waals surface area contributed by atoms with E-state index in [0.717, 1.165) is 18.4 Å². The Kier molecular flexibility index (Phi) is 7.39. The zero-order chi connectivity index (χ0) is 22.8. The van der Waals surface area contributed by atoms with Gasteiger partial charge in [-0.25, -0.2) is 8.42 Å². The molecule has 2 saturated heterocycles. The number of benzene rings is 1. The van der Waals surface area contributed by atoms with Gasteiger partial charge in [0.1, 0.15) is 6.04 Å². The summed E-state index contributed by atoms with van der Waals surface area (Å²) >= 11 is 0. The monoisotopic (exact) mass is 451 g/mol. The third-order valence-corrected chi connectivity index (χ3v) is 8.31. The first-order valence-corrected chi connectivity index (χ1v) is 12.3. The van der Waals surface area contributed by atoms with E-state index in [1.54, 1.807) is 31.7 Å². The number of ether oxygens (including phenoxy) is 1. The van der Waals surface area contributed by atoms with Gasteiger partial charge >= 0.3 is 0 Å². The van der Waals surface area contributed by atoms with E-state index in [9.17, 15) is 18.0 Å². The van der Waals surface area contributed by atoms with Crippen LogP contribution in [0.25, 0.3) is 0 Å². The number of aryl methyl sites for hydroxylation is 1. The summed E-state index contributed by atoms with van der Waals surface area (Å²) in [5.41, 5.74) is 1.62. The van der Waals surface area contributed by atoms with Gasteiger partial charge in [0.25, 0.3) is 5.91 Å². The zero-order valence-electron chi connectivity index (χ0n) is 18.8. The Balaban J connectivity index is 1.79. The lowest BCUT2D eigenvalue weighted by atomic mass is 10.0. The summed E-state index contributed by atoms with van der Waals surface area (Å²) in [4.78, 5) is 27.3. The highest BCUT2D eigenvalue weighted by molar-refractivity contribution is 7.89. The number of amides is 2. The Labute approximate surface area is 185 Å². The fourth-order valence-corrected chi connectivity index (χ4v) is 5.78. The third kappa shape index (κ3) is 5.27. The predicted molar refractivity (Wildman–Crippen MR) is 117 cm³/mol. The minimum atomic E-state index is -3.69. The molecule has 172 valence electrons. The van der Waals surface area contributed by atoms with Crippen molar-refractivity contribution in [3.8, 4) is 0 Å². The quantitative estimate of drug-likeness (QED) is 0.735. The number of rotatable bonds is 5. The molecular weight excluding hydrogens is 418 g/mol. The third-order valence-electron chi connectivity index (χ3n) is 6.28. The van der Waals surface area contributed by atoms with E-state index < -0.39 is 22.0 Å². The van der Waals surface area contributed by atoms with Crippen LogP contribution in [0.1, 0.15) is 48.2 Å². The van der Waals surface area contributed by atoms with Gasteiger partial charge in [-0.3, -0.25) is 9.59 Å². The molecule has 0 aliphatic carbocycles. The Hall–Kier alpha value is -1.97. The highest BCUT2D eigenvalue weighted by Gasteiger charge is 2.31. The molecule has 9 heteroatoms. The molecule has 0 aromatic heterocycles. The van der Waals surface area contributed by atoms with E-state index in [2.05, 4.69) is 12.2 Å². The van der Waals surface area contributed by atoms with Crippen molar-refractivity contribution in [1.29, 1.82) is 0 Å². The lowest BCUT2D eigenvalue weighted by molar-refractivity contribution is -0.136. The van der Waals surface area contributed by atoms with Gasteiger partial charge in [-0.05, 0) is 62.8 Å². The van der Waals surface area contributed by atoms with E-state index in [-0.39, 0.29) is 16.4 Å². The fourth-order valence-electron chi connectivity index (χ4n) is 3.99. The van der Waals surface area contributed by atoms with E-state index in [1.165, 1.54) is 10.4 Å². The second kappa shape index (κ2) is 9.67. The van der Waals surface area contributed by atoms with Crippen molar-refractivity contribution in [1.82, 2.24) is 14.5 Å². The van der Waals surface area contributed by atoms with Crippen LogP contribution in [0, 0.1) is 19.8 Å². The van der Waals surface area contributed by atoms with E-state index in [0.29, 0.717) is 50.9 Å². The summed E-state index contributed by atoms with van der Waals surface area (Å²) in [6.07, 6.45) is 1.66. The van der Waals surface area contributed by atoms with Crippen molar-refractivity contribution >= 4 is 21.8 Å². The summed E-state index contributed by atoms with van der Waals surface area (Å²) in [6.45, 7) is 10.3. The number of hydrogen-bond donors (Lipinski definition) is 1. The molecule has 1 N–H and O–H groups in total. The van der Waals surface area contributed by atoms with Gasteiger partial charge in [-0.1, -0.05) is 6.92 Å². The van der Waals surface area contributed by atoms with Crippen LogP contribution in [0.4, 0.5) is 0 Å². The first-order chi connectivity index (χ1) is 14.6. The summed E-state index contributed by atoms with van der Waals surface area (Å²) in [5.74, 6) is -0.117. The van der Waals surface area contributed by atoms with Gasteiger partial charge < -0.3 is 15.0 Å². The lowest BCUT2D eigenvalue weighted by Gasteiger charge is -2.30. The SMILES string of the molecule is Cc1cc(C(=O)NC(C)C(=O)N2CCOCC2)cc(S(=O)(=O)N2CCC(C)CC2)c1C. The molecule has 3 rings (SSSR count). The first kappa shape index (κ1) is 23.7. The molecule has 0 saturated carbocycles. The molecule has 31 heavy (non-hydrogen) atoms. The maximum Gasteiger partial charge on any atom is 0.251 e. The molecular formula is C22H33N3O5S. The van der Waals surface area contributed by atoms with Gasteiger partial charge in [0.15, 0.2) is 0 Å². The van der Waals surface area contributed by atoms with Crippen molar-refractivity contribution < 1.29 is 22.7 Å². The number of hydrogen-bond acceptors (Lipinski definition) is 5. The molecule has 2 fully saturated rings. The van der Waals surface area contributed by atoms with Gasteiger partial charge in [0.2, 0.25) is 15.9 Å². The van der Waals surface area contributed by atoms with Crippen LogP contribution in [0.5, 0.6) is 0 Å². The molecule has 1 aromatic rings. The van der Waals surface area contributed by atoms with E-state index in [4.69, 9.17) is 4.74 Å². The maximum absolute atomic E-state index is 13.3. The topological polar surface area (TPSA) is 96.0 Å². The van der Waals surface area contributed by atoms with Gasteiger partial charge in [0, 0.05) is 31.7 Å². The average molecular weight is 452 g/mol. The molecule has 0 radical (unpaired) electrons.